The van der Waals surface area contributed by atoms with Crippen LogP contribution in [-0.4, -0.2) is 63.4 Å². The predicted octanol–water partition coefficient (Wildman–Crippen LogP) is 3.71. The van der Waals surface area contributed by atoms with Crippen LogP contribution >= 0.6 is 0 Å². The Morgan fingerprint density at radius 3 is 2.62 bits per heavy atom. The van der Waals surface area contributed by atoms with Gasteiger partial charge in [-0.1, -0.05) is 31.5 Å². The van der Waals surface area contributed by atoms with Crippen LogP contribution in [0.25, 0.3) is 16.7 Å². The monoisotopic (exact) mass is 435 g/mol. The number of nitrogens with one attached hydrogen (secondary N) is 1. The van der Waals surface area contributed by atoms with Gasteiger partial charge in [0.05, 0.1) is 16.8 Å². The maximum absolute atomic E-state index is 12.4. The number of hydrogen-bond acceptors (Lipinski definition) is 5. The van der Waals surface area contributed by atoms with E-state index in [1.807, 2.05) is 41.6 Å². The lowest BCUT2D eigenvalue weighted by atomic mass is 10.2. The first-order valence-corrected chi connectivity index (χ1v) is 11.7. The molecule has 0 radical (unpaired) electrons. The summed E-state index contributed by atoms with van der Waals surface area (Å²) in [5.41, 5.74) is 2.77. The second-order valence-electron chi connectivity index (χ2n) is 8.26. The molecule has 1 aliphatic heterocycles. The third-order valence-corrected chi connectivity index (χ3v) is 5.89. The number of aromatic nitrogens is 4. The summed E-state index contributed by atoms with van der Waals surface area (Å²) >= 11 is 0. The maximum atomic E-state index is 12.4. The van der Waals surface area contributed by atoms with Gasteiger partial charge in [0.25, 0.3) is 0 Å². The number of carbonyl (C=O) groups excluding carboxylic acids is 1. The number of fused-ring (bicyclic) bond motifs is 1. The molecule has 4 rings (SSSR count). The van der Waals surface area contributed by atoms with Crippen molar-refractivity contribution in [2.24, 2.45) is 0 Å². The van der Waals surface area contributed by atoms with Crippen LogP contribution in [0.4, 0.5) is 10.6 Å². The molecule has 0 spiro atoms. The molecule has 1 aromatic carbocycles. The van der Waals surface area contributed by atoms with Crippen LogP contribution in [0.5, 0.6) is 0 Å². The molecule has 0 saturated carbocycles. The molecule has 8 heteroatoms. The highest BCUT2D eigenvalue weighted by Gasteiger charge is 2.24. The van der Waals surface area contributed by atoms with Gasteiger partial charge in [-0.25, -0.2) is 19.4 Å². The number of aryl methyl sites for hydroxylation is 2. The van der Waals surface area contributed by atoms with E-state index in [1.165, 1.54) is 0 Å². The first-order valence-electron chi connectivity index (χ1n) is 11.7. The molecule has 2 aromatic heterocycles. The molecule has 0 bridgehead atoms. The highest BCUT2D eigenvalue weighted by atomic mass is 16.2. The van der Waals surface area contributed by atoms with Crippen LogP contribution < -0.4 is 10.2 Å². The largest absolute Gasteiger partial charge is 0.354 e. The molecule has 3 heterocycles. The van der Waals surface area contributed by atoms with Gasteiger partial charge in [-0.05, 0) is 38.8 Å². The summed E-state index contributed by atoms with van der Waals surface area (Å²) in [6.07, 6.45) is 3.89. The minimum absolute atomic E-state index is 0.0129. The molecule has 32 heavy (non-hydrogen) atoms. The van der Waals surface area contributed by atoms with Crippen molar-refractivity contribution in [3.05, 3.63) is 41.9 Å². The highest BCUT2D eigenvalue weighted by Crippen LogP contribution is 2.30. The number of urea groups is 1. The minimum Gasteiger partial charge on any atom is -0.354 e. The lowest BCUT2D eigenvalue weighted by molar-refractivity contribution is 0.202. The van der Waals surface area contributed by atoms with Crippen molar-refractivity contribution in [2.45, 2.75) is 46.5 Å². The standard InChI is InChI=1S/C24H33N7O/c1-4-6-13-20-26-22(29-14-10-15-30(17-16-29)24(32)25-5-2)21-18(3)28-31(23(21)27-20)19-11-8-7-9-12-19/h7-9,11-12H,4-6,10,13-17H2,1-3H3,(H,25,32). The number of nitrogens with zero attached hydrogens (tertiary/aromatic N) is 6. The summed E-state index contributed by atoms with van der Waals surface area (Å²) < 4.78 is 1.93. The van der Waals surface area contributed by atoms with Gasteiger partial charge in [0.1, 0.15) is 11.6 Å². The van der Waals surface area contributed by atoms with Gasteiger partial charge in [-0.2, -0.15) is 5.10 Å². The lowest BCUT2D eigenvalue weighted by Gasteiger charge is -2.24. The summed E-state index contributed by atoms with van der Waals surface area (Å²) in [6, 6.07) is 10.2. The summed E-state index contributed by atoms with van der Waals surface area (Å²) in [4.78, 5) is 26.5. The molecule has 3 aromatic rings. The number of carbonyl (C=O) groups is 1. The van der Waals surface area contributed by atoms with E-state index in [-0.39, 0.29) is 6.03 Å². The number of hydrogen-bond donors (Lipinski definition) is 1. The quantitative estimate of drug-likeness (QED) is 0.639. The summed E-state index contributed by atoms with van der Waals surface area (Å²) in [6.45, 7) is 9.82. The van der Waals surface area contributed by atoms with Crippen molar-refractivity contribution in [3.63, 3.8) is 0 Å². The number of rotatable bonds is 6. The molecule has 1 saturated heterocycles. The molecule has 1 fully saturated rings. The second-order valence-corrected chi connectivity index (χ2v) is 8.26. The van der Waals surface area contributed by atoms with Gasteiger partial charge in [0.2, 0.25) is 0 Å². The molecule has 8 nitrogen and oxygen atoms in total. The average Bonchev–Trinajstić information content (AvgIpc) is 2.98. The van der Waals surface area contributed by atoms with Gasteiger partial charge in [0, 0.05) is 39.1 Å². The summed E-state index contributed by atoms with van der Waals surface area (Å²) in [5.74, 6) is 1.80. The van der Waals surface area contributed by atoms with E-state index in [9.17, 15) is 4.79 Å². The fourth-order valence-corrected chi connectivity index (χ4v) is 4.23. The van der Waals surface area contributed by atoms with Crippen LogP contribution in [0.15, 0.2) is 30.3 Å². The van der Waals surface area contributed by atoms with E-state index >= 15 is 0 Å². The number of anilines is 1. The second kappa shape index (κ2) is 9.97. The molecule has 1 N–H and O–H groups in total. The Bertz CT molecular complexity index is 1060. The van der Waals surface area contributed by atoms with E-state index in [2.05, 4.69) is 29.3 Å². The molecule has 0 aliphatic carbocycles. The Kier molecular flexibility index (Phi) is 6.87. The predicted molar refractivity (Wildman–Crippen MR) is 127 cm³/mol. The first-order chi connectivity index (χ1) is 15.6. The van der Waals surface area contributed by atoms with Gasteiger partial charge in [-0.15, -0.1) is 0 Å². The van der Waals surface area contributed by atoms with Crippen LogP contribution in [0, 0.1) is 6.92 Å². The number of unbranched alkanes of at least 4 members (excludes halogenated alkanes) is 1. The fourth-order valence-electron chi connectivity index (χ4n) is 4.23. The van der Waals surface area contributed by atoms with Crippen LogP contribution in [0.3, 0.4) is 0 Å². The number of benzene rings is 1. The van der Waals surface area contributed by atoms with Gasteiger partial charge < -0.3 is 15.1 Å². The van der Waals surface area contributed by atoms with E-state index in [4.69, 9.17) is 15.1 Å². The van der Waals surface area contributed by atoms with Gasteiger partial charge in [-0.3, -0.25) is 0 Å². The third kappa shape index (κ3) is 4.54. The zero-order chi connectivity index (χ0) is 22.5. The van der Waals surface area contributed by atoms with E-state index in [0.29, 0.717) is 13.1 Å². The third-order valence-electron chi connectivity index (χ3n) is 5.89. The van der Waals surface area contributed by atoms with Gasteiger partial charge in [0.15, 0.2) is 5.65 Å². The zero-order valence-corrected chi connectivity index (χ0v) is 19.3. The Morgan fingerprint density at radius 1 is 1.06 bits per heavy atom. The summed E-state index contributed by atoms with van der Waals surface area (Å²) in [7, 11) is 0. The van der Waals surface area contributed by atoms with Crippen LogP contribution in [0.2, 0.25) is 0 Å². The molecule has 170 valence electrons. The lowest BCUT2D eigenvalue weighted by Crippen LogP contribution is -2.42. The Balaban J connectivity index is 1.74. The molecule has 0 atom stereocenters. The van der Waals surface area contributed by atoms with Crippen molar-refractivity contribution in [3.8, 4) is 5.69 Å². The molecule has 0 unspecified atom stereocenters. The molecule has 2 amide bonds. The van der Waals surface area contributed by atoms with Crippen molar-refractivity contribution in [1.82, 2.24) is 30.0 Å². The van der Waals surface area contributed by atoms with Crippen molar-refractivity contribution in [1.29, 1.82) is 0 Å². The normalized spacial score (nSPS) is 14.6. The van der Waals surface area contributed by atoms with Crippen molar-refractivity contribution < 1.29 is 4.79 Å². The minimum atomic E-state index is 0.0129. The average molecular weight is 436 g/mol. The molecule has 1 aliphatic rings. The van der Waals surface area contributed by atoms with Crippen LogP contribution in [-0.2, 0) is 6.42 Å². The topological polar surface area (TPSA) is 79.2 Å². The molecular weight excluding hydrogens is 402 g/mol. The molecular formula is C24H33N7O. The van der Waals surface area contributed by atoms with Crippen molar-refractivity contribution >= 4 is 22.9 Å². The Labute approximate surface area is 189 Å². The van der Waals surface area contributed by atoms with Crippen LogP contribution in [0.1, 0.15) is 44.6 Å². The van der Waals surface area contributed by atoms with E-state index in [1.54, 1.807) is 0 Å². The Hall–Kier alpha value is -3.16. The van der Waals surface area contributed by atoms with E-state index in [0.717, 1.165) is 79.4 Å². The Morgan fingerprint density at radius 2 is 1.88 bits per heavy atom. The van der Waals surface area contributed by atoms with E-state index < -0.39 is 0 Å². The SMILES string of the molecule is CCCCc1nc(N2CCCN(C(=O)NCC)CC2)c2c(C)nn(-c3ccccc3)c2n1. The van der Waals surface area contributed by atoms with Gasteiger partial charge >= 0.3 is 6.03 Å². The zero-order valence-electron chi connectivity index (χ0n) is 19.3. The number of amides is 2. The highest BCUT2D eigenvalue weighted by molar-refractivity contribution is 5.91. The first kappa shape index (κ1) is 22.0. The van der Waals surface area contributed by atoms with Crippen molar-refractivity contribution in [2.75, 3.05) is 37.6 Å². The maximum Gasteiger partial charge on any atom is 0.317 e. The fraction of sp³-hybridized carbons (Fsp3) is 0.500. The summed E-state index contributed by atoms with van der Waals surface area (Å²) in [5, 5.41) is 8.76. The number of para-hydroxylation sites is 1. The smallest absolute Gasteiger partial charge is 0.317 e.